The third-order valence-corrected chi connectivity index (χ3v) is 3.83. The fourth-order valence-corrected chi connectivity index (χ4v) is 2.80. The highest BCUT2D eigenvalue weighted by molar-refractivity contribution is 9.10. The zero-order valence-electron chi connectivity index (χ0n) is 10.7. The van der Waals surface area contributed by atoms with Gasteiger partial charge in [0.25, 0.3) is 5.91 Å². The van der Waals surface area contributed by atoms with Gasteiger partial charge in [-0.1, -0.05) is 22.0 Å². The third-order valence-electron chi connectivity index (χ3n) is 3.33. The summed E-state index contributed by atoms with van der Waals surface area (Å²) in [6.45, 7) is 1.96. The zero-order chi connectivity index (χ0) is 14.3. The molecule has 2 aromatic rings. The molecule has 0 aliphatic carbocycles. The minimum atomic E-state index is -0.495. The van der Waals surface area contributed by atoms with E-state index < -0.39 is 6.04 Å². The van der Waals surface area contributed by atoms with Gasteiger partial charge in [-0.15, -0.1) is 0 Å². The number of hydrogen-bond acceptors (Lipinski definition) is 2. The summed E-state index contributed by atoms with van der Waals surface area (Å²) in [5, 5.41) is 5.90. The van der Waals surface area contributed by atoms with Crippen LogP contribution in [0.3, 0.4) is 0 Å². The van der Waals surface area contributed by atoms with E-state index in [2.05, 4.69) is 26.6 Å². The van der Waals surface area contributed by atoms with E-state index in [0.29, 0.717) is 5.69 Å². The van der Waals surface area contributed by atoms with E-state index in [-0.39, 0.29) is 11.7 Å². The molecule has 2 aromatic carbocycles. The summed E-state index contributed by atoms with van der Waals surface area (Å²) >= 11 is 3.41. The van der Waals surface area contributed by atoms with Crippen LogP contribution in [0.1, 0.15) is 17.2 Å². The highest BCUT2D eigenvalue weighted by Crippen LogP contribution is 2.34. The Kier molecular flexibility index (Phi) is 3.22. The molecule has 0 fully saturated rings. The third kappa shape index (κ3) is 2.29. The van der Waals surface area contributed by atoms with Crippen molar-refractivity contribution in [2.75, 3.05) is 10.6 Å². The van der Waals surface area contributed by atoms with Crippen molar-refractivity contribution in [1.82, 2.24) is 0 Å². The predicted octanol–water partition coefficient (Wildman–Crippen LogP) is 4.00. The second-order valence-corrected chi connectivity index (χ2v) is 5.67. The van der Waals surface area contributed by atoms with E-state index in [1.165, 1.54) is 12.1 Å². The first kappa shape index (κ1) is 13.1. The van der Waals surface area contributed by atoms with Crippen LogP contribution in [-0.2, 0) is 4.79 Å². The lowest BCUT2D eigenvalue weighted by Gasteiger charge is -2.15. The van der Waals surface area contributed by atoms with E-state index in [9.17, 15) is 9.18 Å². The van der Waals surface area contributed by atoms with Crippen molar-refractivity contribution in [2.24, 2.45) is 0 Å². The minimum Gasteiger partial charge on any atom is -0.370 e. The van der Waals surface area contributed by atoms with Crippen molar-refractivity contribution >= 4 is 33.2 Å². The SMILES string of the molecule is Cc1cc(Br)ccc1NC1C(=O)Nc2cc(F)ccc21. The van der Waals surface area contributed by atoms with Gasteiger partial charge >= 0.3 is 0 Å². The number of rotatable bonds is 2. The molecular weight excluding hydrogens is 323 g/mol. The van der Waals surface area contributed by atoms with Crippen LogP contribution in [0.5, 0.6) is 0 Å². The fourth-order valence-electron chi connectivity index (χ4n) is 2.32. The highest BCUT2D eigenvalue weighted by Gasteiger charge is 2.30. The van der Waals surface area contributed by atoms with Gasteiger partial charge in [0, 0.05) is 21.4 Å². The molecule has 0 bridgehead atoms. The van der Waals surface area contributed by atoms with Gasteiger partial charge in [0.05, 0.1) is 0 Å². The lowest BCUT2D eigenvalue weighted by molar-refractivity contribution is -0.116. The van der Waals surface area contributed by atoms with E-state index in [1.807, 2.05) is 25.1 Å². The molecule has 1 aliphatic heterocycles. The lowest BCUT2D eigenvalue weighted by Crippen LogP contribution is -2.20. The predicted molar refractivity (Wildman–Crippen MR) is 80.3 cm³/mol. The first-order valence-corrected chi connectivity index (χ1v) is 6.97. The van der Waals surface area contributed by atoms with Crippen molar-refractivity contribution < 1.29 is 9.18 Å². The number of carbonyl (C=O) groups excluding carboxylic acids is 1. The summed E-state index contributed by atoms with van der Waals surface area (Å²) in [7, 11) is 0. The molecule has 20 heavy (non-hydrogen) atoms. The van der Waals surface area contributed by atoms with Crippen LogP contribution in [0, 0.1) is 12.7 Å². The first-order valence-electron chi connectivity index (χ1n) is 6.17. The fraction of sp³-hybridized carbons (Fsp3) is 0.133. The number of hydrogen-bond donors (Lipinski definition) is 2. The molecule has 1 aliphatic rings. The average molecular weight is 335 g/mol. The molecule has 1 atom stereocenters. The highest BCUT2D eigenvalue weighted by atomic mass is 79.9. The largest absolute Gasteiger partial charge is 0.370 e. The quantitative estimate of drug-likeness (QED) is 0.871. The van der Waals surface area contributed by atoms with E-state index in [1.54, 1.807) is 6.07 Å². The number of amides is 1. The van der Waals surface area contributed by atoms with Gasteiger partial charge in [-0.05, 0) is 42.8 Å². The number of anilines is 2. The molecule has 1 heterocycles. The molecule has 102 valence electrons. The smallest absolute Gasteiger partial charge is 0.251 e. The molecule has 0 saturated carbocycles. The van der Waals surface area contributed by atoms with Crippen molar-refractivity contribution in [3.63, 3.8) is 0 Å². The Morgan fingerprint density at radius 3 is 2.80 bits per heavy atom. The summed E-state index contributed by atoms with van der Waals surface area (Å²) in [6.07, 6.45) is 0. The van der Waals surface area contributed by atoms with Gasteiger partial charge in [0.2, 0.25) is 0 Å². The van der Waals surface area contributed by atoms with Gasteiger partial charge < -0.3 is 10.6 Å². The van der Waals surface area contributed by atoms with Crippen LogP contribution in [0.4, 0.5) is 15.8 Å². The van der Waals surface area contributed by atoms with Crippen molar-refractivity contribution in [1.29, 1.82) is 0 Å². The van der Waals surface area contributed by atoms with Gasteiger partial charge in [0.1, 0.15) is 11.9 Å². The number of aryl methyl sites for hydroxylation is 1. The van der Waals surface area contributed by atoms with Crippen LogP contribution in [0.15, 0.2) is 40.9 Å². The molecule has 0 aromatic heterocycles. The van der Waals surface area contributed by atoms with Crippen LogP contribution < -0.4 is 10.6 Å². The summed E-state index contributed by atoms with van der Waals surface area (Å²) < 4.78 is 14.2. The molecule has 3 rings (SSSR count). The zero-order valence-corrected chi connectivity index (χ0v) is 12.3. The number of halogens is 2. The summed E-state index contributed by atoms with van der Waals surface area (Å²) in [5.74, 6) is -0.530. The Balaban J connectivity index is 1.94. The van der Waals surface area contributed by atoms with E-state index in [0.717, 1.165) is 21.3 Å². The first-order chi connectivity index (χ1) is 9.54. The Morgan fingerprint density at radius 2 is 2.05 bits per heavy atom. The van der Waals surface area contributed by atoms with Gasteiger partial charge in [0.15, 0.2) is 0 Å². The van der Waals surface area contributed by atoms with Crippen LogP contribution >= 0.6 is 15.9 Å². The summed E-state index contributed by atoms with van der Waals surface area (Å²) in [4.78, 5) is 12.0. The van der Waals surface area contributed by atoms with E-state index >= 15 is 0 Å². The van der Waals surface area contributed by atoms with Gasteiger partial charge in [-0.25, -0.2) is 4.39 Å². The number of benzene rings is 2. The molecule has 1 amide bonds. The number of fused-ring (bicyclic) bond motifs is 1. The van der Waals surface area contributed by atoms with E-state index in [4.69, 9.17) is 0 Å². The second kappa shape index (κ2) is 4.90. The summed E-state index contributed by atoms with van der Waals surface area (Å²) in [6, 6.07) is 9.63. The standard InChI is InChI=1S/C15H12BrFN2O/c1-8-6-9(16)2-5-12(8)18-14-11-4-3-10(17)7-13(11)19-15(14)20/h2-7,14,18H,1H3,(H,19,20). The number of nitrogens with one attached hydrogen (secondary N) is 2. The van der Waals surface area contributed by atoms with Crippen LogP contribution in [0.2, 0.25) is 0 Å². The van der Waals surface area contributed by atoms with Crippen LogP contribution in [-0.4, -0.2) is 5.91 Å². The molecule has 3 nitrogen and oxygen atoms in total. The Bertz CT molecular complexity index is 702. The second-order valence-electron chi connectivity index (χ2n) is 4.76. The van der Waals surface area contributed by atoms with Gasteiger partial charge in [-0.2, -0.15) is 0 Å². The molecule has 5 heteroatoms. The monoisotopic (exact) mass is 334 g/mol. The van der Waals surface area contributed by atoms with Gasteiger partial charge in [-0.3, -0.25) is 4.79 Å². The Hall–Kier alpha value is -1.88. The molecule has 0 radical (unpaired) electrons. The maximum atomic E-state index is 13.2. The molecular formula is C15H12BrFN2O. The topological polar surface area (TPSA) is 41.1 Å². The van der Waals surface area contributed by atoms with Crippen molar-refractivity contribution in [3.05, 3.63) is 57.8 Å². The molecule has 2 N–H and O–H groups in total. The normalized spacial score (nSPS) is 16.8. The minimum absolute atomic E-state index is 0.173. The number of carbonyl (C=O) groups is 1. The molecule has 1 unspecified atom stereocenters. The average Bonchev–Trinajstić information content (AvgIpc) is 2.68. The lowest BCUT2D eigenvalue weighted by atomic mass is 10.1. The van der Waals surface area contributed by atoms with Crippen molar-refractivity contribution in [2.45, 2.75) is 13.0 Å². The maximum Gasteiger partial charge on any atom is 0.251 e. The maximum absolute atomic E-state index is 13.2. The molecule has 0 spiro atoms. The Morgan fingerprint density at radius 1 is 1.25 bits per heavy atom. The summed E-state index contributed by atoms with van der Waals surface area (Å²) in [5.41, 5.74) is 3.20. The Labute approximate surface area is 124 Å². The molecule has 0 saturated heterocycles. The van der Waals surface area contributed by atoms with Crippen LogP contribution in [0.25, 0.3) is 0 Å². The van der Waals surface area contributed by atoms with Crippen molar-refractivity contribution in [3.8, 4) is 0 Å².